The first-order valence-corrected chi connectivity index (χ1v) is 2.37. The molecule has 0 aromatic heterocycles. The second kappa shape index (κ2) is 1.18. The molecule has 0 aromatic carbocycles. The minimum Gasteiger partial charge on any atom is -0.246 e. The van der Waals surface area contributed by atoms with Gasteiger partial charge in [-0.1, -0.05) is 6.92 Å². The van der Waals surface area contributed by atoms with Gasteiger partial charge in [0.05, 0.1) is 4.91 Å². The molecule has 3 heteroatoms. The van der Waals surface area contributed by atoms with Crippen LogP contribution in [-0.2, 0) is 0 Å². The van der Waals surface area contributed by atoms with Gasteiger partial charge in [-0.2, -0.15) is 0 Å². The van der Waals surface area contributed by atoms with Crippen LogP contribution in [0, 0.1) is 10.8 Å². The number of nitrogens with zero attached hydrogens (tertiary/aromatic N) is 1. The van der Waals surface area contributed by atoms with E-state index in [0.717, 1.165) is 6.42 Å². The zero-order chi connectivity index (χ0) is 5.44. The Kier molecular flexibility index (Phi) is 0.770. The van der Waals surface area contributed by atoms with Crippen molar-refractivity contribution < 1.29 is 10.1 Å². The molecule has 2 atom stereocenters. The van der Waals surface area contributed by atoms with Gasteiger partial charge in [0.25, 0.3) is 6.04 Å². The van der Waals surface area contributed by atoms with E-state index in [4.69, 9.17) is 5.21 Å². The van der Waals surface area contributed by atoms with Gasteiger partial charge in [-0.05, 0) is 0 Å². The van der Waals surface area contributed by atoms with Gasteiger partial charge in [0.15, 0.2) is 0 Å². The van der Waals surface area contributed by atoms with E-state index >= 15 is 0 Å². The van der Waals surface area contributed by atoms with E-state index in [0.29, 0.717) is 5.92 Å². The second-order valence-corrected chi connectivity index (χ2v) is 2.08. The Labute approximate surface area is 41.5 Å². The average Bonchev–Trinajstić information content (AvgIpc) is 2.17. The monoisotopic (exact) mass is 102 g/mol. The lowest BCUT2D eigenvalue weighted by molar-refractivity contribution is -0.802. The Morgan fingerprint density at radius 1 is 1.86 bits per heavy atom. The van der Waals surface area contributed by atoms with E-state index < -0.39 is 0 Å². The van der Waals surface area contributed by atoms with E-state index in [9.17, 15) is 4.91 Å². The van der Waals surface area contributed by atoms with Crippen molar-refractivity contribution in [2.45, 2.75) is 19.4 Å². The van der Waals surface area contributed by atoms with E-state index in [1.807, 2.05) is 6.92 Å². The molecule has 3 nitrogen and oxygen atoms in total. The molecule has 0 heterocycles. The smallest absolute Gasteiger partial charge is 0.246 e. The highest BCUT2D eigenvalue weighted by atomic mass is 16.6. The fourth-order valence-corrected chi connectivity index (χ4v) is 0.610. The molecule has 0 bridgehead atoms. The molecule has 1 aliphatic carbocycles. The molecule has 0 aliphatic heterocycles. The fraction of sp³-hybridized carbons (Fsp3) is 1.00. The summed E-state index contributed by atoms with van der Waals surface area (Å²) in [6, 6.07) is -0.0972. The minimum absolute atomic E-state index is 0.0463. The highest BCUT2D eigenvalue weighted by Gasteiger charge is 2.48. The summed E-state index contributed by atoms with van der Waals surface area (Å²) in [5, 5.41) is 8.14. The molecule has 1 aliphatic rings. The third-order valence-corrected chi connectivity index (χ3v) is 1.35. The maximum atomic E-state index is 9.89. The molecule has 0 spiro atoms. The Hall–Kier alpha value is -0.600. The van der Waals surface area contributed by atoms with Crippen LogP contribution in [0.2, 0.25) is 0 Å². The lowest BCUT2D eigenvalue weighted by Gasteiger charge is -1.70. The topological polar surface area (TPSA) is 40.3 Å². The van der Waals surface area contributed by atoms with Gasteiger partial charge < -0.3 is 0 Å². The van der Waals surface area contributed by atoms with Gasteiger partial charge in [0, 0.05) is 12.3 Å². The molecule has 7 heavy (non-hydrogen) atoms. The third-order valence-electron chi connectivity index (χ3n) is 1.35. The van der Waals surface area contributed by atoms with Gasteiger partial charge >= 0.3 is 0 Å². The van der Waals surface area contributed by atoms with Crippen molar-refractivity contribution in [3.8, 4) is 0 Å². The third kappa shape index (κ3) is 0.706. The van der Waals surface area contributed by atoms with Crippen molar-refractivity contribution >= 4 is 0 Å². The van der Waals surface area contributed by atoms with Crippen LogP contribution in [0.15, 0.2) is 0 Å². The summed E-state index contributed by atoms with van der Waals surface area (Å²) in [7, 11) is 0. The van der Waals surface area contributed by atoms with Crippen molar-refractivity contribution in [1.29, 1.82) is 0 Å². The quantitative estimate of drug-likeness (QED) is 0.491. The van der Waals surface area contributed by atoms with Crippen molar-refractivity contribution in [3.63, 3.8) is 0 Å². The van der Waals surface area contributed by atoms with Crippen LogP contribution in [0.4, 0.5) is 0 Å². The lowest BCUT2D eigenvalue weighted by Crippen LogP contribution is -2.04. The molecule has 1 saturated carbocycles. The minimum atomic E-state index is -0.0972. The largest absolute Gasteiger partial charge is 0.260 e. The Morgan fingerprint density at radius 3 is 2.29 bits per heavy atom. The summed E-state index contributed by atoms with van der Waals surface area (Å²) < 4.78 is 0. The van der Waals surface area contributed by atoms with Gasteiger partial charge in [-0.3, -0.25) is 0 Å². The van der Waals surface area contributed by atoms with Gasteiger partial charge in [0.2, 0.25) is 4.92 Å². The summed E-state index contributed by atoms with van der Waals surface area (Å²) in [4.78, 5) is 9.93. The normalized spacial score (nSPS) is 37.9. The number of rotatable bonds is 1. The molecule has 0 unspecified atom stereocenters. The Morgan fingerprint density at radius 2 is 2.29 bits per heavy atom. The van der Waals surface area contributed by atoms with Crippen LogP contribution in [-0.4, -0.2) is 16.2 Å². The molecular weight excluding hydrogens is 94.0 g/mol. The average molecular weight is 102 g/mol. The molecule has 40 valence electrons. The van der Waals surface area contributed by atoms with E-state index in [2.05, 4.69) is 0 Å². The molecule has 0 amide bonds. The summed E-state index contributed by atoms with van der Waals surface area (Å²) in [5.41, 5.74) is 0. The summed E-state index contributed by atoms with van der Waals surface area (Å²) >= 11 is 0. The molecule has 0 radical (unpaired) electrons. The number of hydrogen-bond acceptors (Lipinski definition) is 1. The molecule has 1 rings (SSSR count). The SMILES string of the molecule is C[C@H]1C[C@@H]1[N+](=O)O. The number of hydrogen-bond donors (Lipinski definition) is 1. The van der Waals surface area contributed by atoms with Crippen molar-refractivity contribution in [2.24, 2.45) is 5.92 Å². The standard InChI is InChI=1S/C4H8NO2/c1-3-2-4(3)5(6)7/h3-4H,2H2,1H3,(H,6,7)/q+1/t3-,4-/m0/s1. The summed E-state index contributed by atoms with van der Waals surface area (Å²) in [6.45, 7) is 1.94. The summed E-state index contributed by atoms with van der Waals surface area (Å²) in [6.07, 6.45) is 0.847. The Balaban J connectivity index is 2.33. The zero-order valence-corrected chi connectivity index (χ0v) is 4.16. The fourth-order valence-electron chi connectivity index (χ4n) is 0.610. The molecular formula is C4H8NO2+. The maximum Gasteiger partial charge on any atom is 0.260 e. The first-order chi connectivity index (χ1) is 3.22. The predicted octanol–water partition coefficient (Wildman–Crippen LogP) is 0.563. The van der Waals surface area contributed by atoms with E-state index in [-0.39, 0.29) is 11.0 Å². The predicted molar refractivity (Wildman–Crippen MR) is 23.0 cm³/mol. The first kappa shape index (κ1) is 4.56. The van der Waals surface area contributed by atoms with Gasteiger partial charge in [-0.25, -0.2) is 5.21 Å². The van der Waals surface area contributed by atoms with Gasteiger partial charge in [0.1, 0.15) is 0 Å². The highest BCUT2D eigenvalue weighted by Crippen LogP contribution is 2.31. The second-order valence-electron chi connectivity index (χ2n) is 2.08. The molecule has 0 saturated heterocycles. The van der Waals surface area contributed by atoms with Crippen LogP contribution < -0.4 is 0 Å². The highest BCUT2D eigenvalue weighted by molar-refractivity contribution is 4.80. The zero-order valence-electron chi connectivity index (χ0n) is 4.16. The Bertz CT molecular complexity index is 102. The van der Waals surface area contributed by atoms with Crippen molar-refractivity contribution in [3.05, 3.63) is 4.91 Å². The van der Waals surface area contributed by atoms with Crippen molar-refractivity contribution in [2.75, 3.05) is 0 Å². The van der Waals surface area contributed by atoms with E-state index in [1.54, 1.807) is 0 Å². The first-order valence-electron chi connectivity index (χ1n) is 2.37. The molecule has 1 fully saturated rings. The van der Waals surface area contributed by atoms with Crippen LogP contribution >= 0.6 is 0 Å². The maximum absolute atomic E-state index is 9.89. The van der Waals surface area contributed by atoms with Crippen LogP contribution in [0.1, 0.15) is 13.3 Å². The molecule has 0 aromatic rings. The summed E-state index contributed by atoms with van der Waals surface area (Å²) in [5.74, 6) is 0.405. The van der Waals surface area contributed by atoms with Crippen LogP contribution in [0.5, 0.6) is 0 Å². The molecule has 1 N–H and O–H groups in total. The van der Waals surface area contributed by atoms with Crippen LogP contribution in [0.25, 0.3) is 0 Å². The van der Waals surface area contributed by atoms with Gasteiger partial charge in [-0.15, -0.1) is 0 Å². The van der Waals surface area contributed by atoms with Crippen molar-refractivity contribution in [1.82, 2.24) is 0 Å². The lowest BCUT2D eigenvalue weighted by atomic mass is 10.5. The van der Waals surface area contributed by atoms with E-state index in [1.165, 1.54) is 0 Å². The van der Waals surface area contributed by atoms with Crippen LogP contribution in [0.3, 0.4) is 0 Å².